The molecular weight excluding hydrogens is 306 g/mol. The fraction of sp³-hybridized carbons (Fsp3) is 0.556. The standard InChI is InChI=1S/C18H27N3O3/c1-11-9-15(21(3)4)10-12(2)16(11)20-18(24)19-14-7-5-13(6-8-14)17(22)23/h9-10,13-14H,5-8H2,1-4H3,(H,22,23)(H2,19,20,24). The maximum absolute atomic E-state index is 12.3. The highest BCUT2D eigenvalue weighted by Gasteiger charge is 2.26. The summed E-state index contributed by atoms with van der Waals surface area (Å²) in [6.07, 6.45) is 2.66. The number of carboxylic acid groups (broad SMARTS) is 1. The van der Waals surface area contributed by atoms with Gasteiger partial charge in [-0.1, -0.05) is 0 Å². The molecule has 0 saturated heterocycles. The van der Waals surface area contributed by atoms with Crippen LogP contribution >= 0.6 is 0 Å². The molecule has 1 aromatic carbocycles. The molecule has 1 aliphatic carbocycles. The van der Waals surface area contributed by atoms with Crippen molar-refractivity contribution in [1.82, 2.24) is 5.32 Å². The third kappa shape index (κ3) is 4.40. The van der Waals surface area contributed by atoms with Crippen LogP contribution in [0.2, 0.25) is 0 Å². The van der Waals surface area contributed by atoms with E-state index >= 15 is 0 Å². The van der Waals surface area contributed by atoms with Crippen molar-refractivity contribution in [3.05, 3.63) is 23.3 Å². The molecular formula is C18H27N3O3. The number of nitrogens with one attached hydrogen (secondary N) is 2. The average molecular weight is 333 g/mol. The van der Waals surface area contributed by atoms with Crippen molar-refractivity contribution in [1.29, 1.82) is 0 Å². The summed E-state index contributed by atoms with van der Waals surface area (Å²) in [5.74, 6) is -1.00. The van der Waals surface area contributed by atoms with E-state index in [2.05, 4.69) is 10.6 Å². The lowest BCUT2D eigenvalue weighted by molar-refractivity contribution is -0.142. The summed E-state index contributed by atoms with van der Waals surface area (Å²) < 4.78 is 0. The SMILES string of the molecule is Cc1cc(N(C)C)cc(C)c1NC(=O)NC1CCC(C(=O)O)CC1. The van der Waals surface area contributed by atoms with E-state index in [0.717, 1.165) is 22.5 Å². The molecule has 0 aromatic heterocycles. The summed E-state index contributed by atoms with van der Waals surface area (Å²) in [5, 5.41) is 14.9. The molecule has 1 aliphatic rings. The molecule has 2 rings (SSSR count). The van der Waals surface area contributed by atoms with Gasteiger partial charge in [0.25, 0.3) is 0 Å². The van der Waals surface area contributed by atoms with Crippen LogP contribution in [0.25, 0.3) is 0 Å². The molecule has 1 saturated carbocycles. The van der Waals surface area contributed by atoms with Crippen molar-refractivity contribution in [2.45, 2.75) is 45.6 Å². The van der Waals surface area contributed by atoms with E-state index < -0.39 is 5.97 Å². The van der Waals surface area contributed by atoms with Gasteiger partial charge in [0, 0.05) is 31.5 Å². The normalized spacial score (nSPS) is 20.3. The van der Waals surface area contributed by atoms with Crippen molar-refractivity contribution in [2.24, 2.45) is 5.92 Å². The van der Waals surface area contributed by atoms with Crippen molar-refractivity contribution >= 4 is 23.4 Å². The minimum Gasteiger partial charge on any atom is -0.481 e. The van der Waals surface area contributed by atoms with Crippen LogP contribution in [0, 0.1) is 19.8 Å². The third-order valence-electron chi connectivity index (χ3n) is 4.68. The smallest absolute Gasteiger partial charge is 0.319 e. The van der Waals surface area contributed by atoms with Gasteiger partial charge in [-0.15, -0.1) is 0 Å². The fourth-order valence-corrected chi connectivity index (χ4v) is 3.22. The first-order valence-corrected chi connectivity index (χ1v) is 8.36. The Morgan fingerprint density at radius 1 is 1.08 bits per heavy atom. The maximum Gasteiger partial charge on any atom is 0.319 e. The molecule has 0 radical (unpaired) electrons. The van der Waals surface area contributed by atoms with Crippen LogP contribution in [-0.4, -0.2) is 37.2 Å². The van der Waals surface area contributed by atoms with Crippen LogP contribution in [0.3, 0.4) is 0 Å². The molecule has 2 amide bonds. The number of anilines is 2. The van der Waals surface area contributed by atoms with Gasteiger partial charge in [-0.2, -0.15) is 0 Å². The summed E-state index contributed by atoms with van der Waals surface area (Å²) in [7, 11) is 3.98. The van der Waals surface area contributed by atoms with Crippen LogP contribution in [0.1, 0.15) is 36.8 Å². The van der Waals surface area contributed by atoms with Gasteiger partial charge in [-0.05, 0) is 62.8 Å². The van der Waals surface area contributed by atoms with Crippen molar-refractivity contribution in [2.75, 3.05) is 24.3 Å². The first-order chi connectivity index (χ1) is 11.3. The Balaban J connectivity index is 1.95. The summed E-state index contributed by atoms with van der Waals surface area (Å²) >= 11 is 0. The predicted octanol–water partition coefficient (Wildman–Crippen LogP) is 3.13. The Bertz CT molecular complexity index is 597. The van der Waals surface area contributed by atoms with E-state index in [1.165, 1.54) is 0 Å². The molecule has 0 atom stereocenters. The minimum absolute atomic E-state index is 0.0438. The second kappa shape index (κ2) is 7.55. The molecule has 0 unspecified atom stereocenters. The number of amides is 2. The predicted molar refractivity (Wildman–Crippen MR) is 95.8 cm³/mol. The number of aryl methyl sites for hydroxylation is 2. The topological polar surface area (TPSA) is 81.7 Å². The van der Waals surface area contributed by atoms with Crippen molar-refractivity contribution < 1.29 is 14.7 Å². The number of aliphatic carboxylic acids is 1. The number of urea groups is 1. The van der Waals surface area contributed by atoms with E-state index in [9.17, 15) is 9.59 Å². The average Bonchev–Trinajstić information content (AvgIpc) is 2.51. The number of rotatable bonds is 4. The Hall–Kier alpha value is -2.24. The Labute approximate surface area is 143 Å². The molecule has 6 heteroatoms. The number of carbonyl (C=O) groups excluding carboxylic acids is 1. The monoisotopic (exact) mass is 333 g/mol. The Morgan fingerprint density at radius 2 is 1.62 bits per heavy atom. The van der Waals surface area contributed by atoms with E-state index in [-0.39, 0.29) is 18.0 Å². The number of carboxylic acids is 1. The van der Waals surface area contributed by atoms with Gasteiger partial charge in [0.15, 0.2) is 0 Å². The second-order valence-corrected chi connectivity index (χ2v) is 6.83. The largest absolute Gasteiger partial charge is 0.481 e. The van der Waals surface area contributed by atoms with Gasteiger partial charge in [-0.25, -0.2) is 4.79 Å². The van der Waals surface area contributed by atoms with Crippen molar-refractivity contribution in [3.8, 4) is 0 Å². The highest BCUT2D eigenvalue weighted by Crippen LogP contribution is 2.27. The molecule has 0 bridgehead atoms. The minimum atomic E-state index is -0.731. The van der Waals surface area contributed by atoms with Crippen molar-refractivity contribution in [3.63, 3.8) is 0 Å². The van der Waals surface area contributed by atoms with Crippen LogP contribution < -0.4 is 15.5 Å². The maximum atomic E-state index is 12.3. The lowest BCUT2D eigenvalue weighted by Crippen LogP contribution is -2.41. The summed E-state index contributed by atoms with van der Waals surface area (Å²) in [6, 6.07) is 3.90. The Kier molecular flexibility index (Phi) is 5.70. The molecule has 0 heterocycles. The Morgan fingerprint density at radius 3 is 2.08 bits per heavy atom. The lowest BCUT2D eigenvalue weighted by Gasteiger charge is -2.27. The number of nitrogens with zero attached hydrogens (tertiary/aromatic N) is 1. The summed E-state index contributed by atoms with van der Waals surface area (Å²) in [5.41, 5.74) is 3.96. The van der Waals surface area contributed by atoms with Gasteiger partial charge >= 0.3 is 12.0 Å². The number of hydrogen-bond donors (Lipinski definition) is 3. The van der Waals surface area contributed by atoms with E-state index in [1.54, 1.807) is 0 Å². The molecule has 1 aromatic rings. The zero-order chi connectivity index (χ0) is 17.9. The third-order valence-corrected chi connectivity index (χ3v) is 4.68. The first-order valence-electron chi connectivity index (χ1n) is 8.36. The zero-order valence-electron chi connectivity index (χ0n) is 14.8. The van der Waals surface area contributed by atoms with Gasteiger partial charge < -0.3 is 20.6 Å². The lowest BCUT2D eigenvalue weighted by atomic mass is 9.86. The molecule has 132 valence electrons. The molecule has 0 spiro atoms. The van der Waals surface area contributed by atoms with Gasteiger partial charge in [0.1, 0.15) is 0 Å². The van der Waals surface area contributed by atoms with Crippen LogP contribution in [-0.2, 0) is 4.79 Å². The van der Waals surface area contributed by atoms with Crippen LogP contribution in [0.4, 0.5) is 16.2 Å². The summed E-state index contributed by atoms with van der Waals surface area (Å²) in [6.45, 7) is 3.96. The van der Waals surface area contributed by atoms with Gasteiger partial charge in [-0.3, -0.25) is 4.79 Å². The molecule has 6 nitrogen and oxygen atoms in total. The highest BCUT2D eigenvalue weighted by molar-refractivity contribution is 5.91. The highest BCUT2D eigenvalue weighted by atomic mass is 16.4. The van der Waals surface area contributed by atoms with Gasteiger partial charge in [0.05, 0.1) is 5.92 Å². The van der Waals surface area contributed by atoms with Gasteiger partial charge in [0.2, 0.25) is 0 Å². The molecule has 0 aliphatic heterocycles. The zero-order valence-corrected chi connectivity index (χ0v) is 14.8. The number of carbonyl (C=O) groups is 2. The molecule has 1 fully saturated rings. The van der Waals surface area contributed by atoms with E-state index in [0.29, 0.717) is 25.7 Å². The molecule has 3 N–H and O–H groups in total. The number of benzene rings is 1. The van der Waals surface area contributed by atoms with E-state index in [1.807, 2.05) is 45.0 Å². The second-order valence-electron chi connectivity index (χ2n) is 6.83. The molecule has 24 heavy (non-hydrogen) atoms. The quantitative estimate of drug-likeness (QED) is 0.790. The van der Waals surface area contributed by atoms with Crippen LogP contribution in [0.5, 0.6) is 0 Å². The van der Waals surface area contributed by atoms with E-state index in [4.69, 9.17) is 5.11 Å². The fourth-order valence-electron chi connectivity index (χ4n) is 3.22. The summed E-state index contributed by atoms with van der Waals surface area (Å²) in [4.78, 5) is 25.3. The first kappa shape index (κ1) is 18.1. The number of hydrogen-bond acceptors (Lipinski definition) is 3. The van der Waals surface area contributed by atoms with Crippen LogP contribution in [0.15, 0.2) is 12.1 Å².